The number of methoxy groups -OCH3 is 1. The summed E-state index contributed by atoms with van der Waals surface area (Å²) >= 11 is 3.56. The molecule has 2 heterocycles. The van der Waals surface area contributed by atoms with E-state index in [0.29, 0.717) is 12.6 Å². The molecule has 2 aliphatic rings. The van der Waals surface area contributed by atoms with Crippen molar-refractivity contribution in [3.63, 3.8) is 0 Å². The summed E-state index contributed by atoms with van der Waals surface area (Å²) in [5.41, 5.74) is 7.21. The minimum absolute atomic E-state index is 0.202. The Morgan fingerprint density at radius 2 is 2.14 bits per heavy atom. The second-order valence-electron chi connectivity index (χ2n) is 5.46. The fourth-order valence-electron chi connectivity index (χ4n) is 3.10. The number of fused-ring (bicyclic) bond motifs is 1. The van der Waals surface area contributed by atoms with Crippen molar-refractivity contribution in [1.29, 1.82) is 0 Å². The Balaban J connectivity index is 1.79. The van der Waals surface area contributed by atoms with Crippen LogP contribution in [0.1, 0.15) is 24.4 Å². The molecule has 1 saturated heterocycles. The Morgan fingerprint density at radius 3 is 2.81 bits per heavy atom. The zero-order valence-electron chi connectivity index (χ0n) is 12.2. The molecule has 1 unspecified atom stereocenters. The standard InChI is InChI=1S/C15H21BrN2O3/c1-19-11-2-4-18(5-3-11)13(8-17)10-6-12(16)15-14(7-10)20-9-21-15/h6-7,11,13H,2-5,8-9,17H2,1H3. The van der Waals surface area contributed by atoms with Crippen LogP contribution in [0.5, 0.6) is 11.5 Å². The number of halogens is 1. The minimum Gasteiger partial charge on any atom is -0.454 e. The lowest BCUT2D eigenvalue weighted by molar-refractivity contribution is 0.0280. The summed E-state index contributed by atoms with van der Waals surface area (Å²) in [6, 6.07) is 4.34. The highest BCUT2D eigenvalue weighted by Crippen LogP contribution is 2.42. The summed E-state index contributed by atoms with van der Waals surface area (Å²) in [6.07, 6.45) is 2.49. The number of rotatable bonds is 4. The van der Waals surface area contributed by atoms with Crippen LogP contribution in [-0.4, -0.2) is 44.5 Å². The molecule has 0 bridgehead atoms. The molecule has 21 heavy (non-hydrogen) atoms. The topological polar surface area (TPSA) is 57.0 Å². The summed E-state index contributed by atoms with van der Waals surface area (Å²) in [6.45, 7) is 2.88. The van der Waals surface area contributed by atoms with Crippen molar-refractivity contribution in [3.8, 4) is 11.5 Å². The van der Waals surface area contributed by atoms with Gasteiger partial charge in [-0.1, -0.05) is 0 Å². The van der Waals surface area contributed by atoms with Gasteiger partial charge in [0.2, 0.25) is 6.79 Å². The maximum atomic E-state index is 6.04. The van der Waals surface area contributed by atoms with Gasteiger partial charge in [0.1, 0.15) is 0 Å². The average Bonchev–Trinajstić information content (AvgIpc) is 2.98. The first kappa shape index (κ1) is 15.1. The van der Waals surface area contributed by atoms with E-state index in [2.05, 4.69) is 26.9 Å². The summed E-state index contributed by atoms with van der Waals surface area (Å²) in [4.78, 5) is 2.43. The molecule has 116 valence electrons. The molecule has 0 saturated carbocycles. The van der Waals surface area contributed by atoms with Crippen molar-refractivity contribution in [2.24, 2.45) is 5.73 Å². The van der Waals surface area contributed by atoms with Crippen LogP contribution in [0, 0.1) is 0 Å². The van der Waals surface area contributed by atoms with Crippen molar-refractivity contribution in [2.75, 3.05) is 33.5 Å². The molecule has 5 nitrogen and oxygen atoms in total. The van der Waals surface area contributed by atoms with Crippen LogP contribution >= 0.6 is 15.9 Å². The number of hydrogen-bond donors (Lipinski definition) is 1. The number of piperidine rings is 1. The Morgan fingerprint density at radius 1 is 1.38 bits per heavy atom. The lowest BCUT2D eigenvalue weighted by atomic mass is 10.00. The normalized spacial score (nSPS) is 20.7. The molecular weight excluding hydrogens is 336 g/mol. The predicted octanol–water partition coefficient (Wildman–Crippen LogP) is 2.29. The van der Waals surface area contributed by atoms with E-state index >= 15 is 0 Å². The van der Waals surface area contributed by atoms with Gasteiger partial charge in [0.25, 0.3) is 0 Å². The second-order valence-corrected chi connectivity index (χ2v) is 6.31. The number of nitrogens with zero attached hydrogens (tertiary/aromatic N) is 1. The molecule has 2 N–H and O–H groups in total. The van der Waals surface area contributed by atoms with E-state index in [9.17, 15) is 0 Å². The van der Waals surface area contributed by atoms with Crippen LogP contribution in [0.15, 0.2) is 16.6 Å². The van der Waals surface area contributed by atoms with Crippen molar-refractivity contribution in [2.45, 2.75) is 25.0 Å². The number of ether oxygens (including phenoxy) is 3. The SMILES string of the molecule is COC1CCN(C(CN)c2cc(Br)c3c(c2)OCO3)CC1. The Bertz CT molecular complexity index is 504. The van der Waals surface area contributed by atoms with Crippen LogP contribution in [0.3, 0.4) is 0 Å². The summed E-state index contributed by atoms with van der Waals surface area (Å²) in [5.74, 6) is 1.58. The first-order valence-corrected chi connectivity index (χ1v) is 8.08. The zero-order chi connectivity index (χ0) is 14.8. The van der Waals surface area contributed by atoms with Crippen LogP contribution in [-0.2, 0) is 4.74 Å². The highest BCUT2D eigenvalue weighted by atomic mass is 79.9. The summed E-state index contributed by atoms with van der Waals surface area (Å²) < 4.78 is 17.3. The van der Waals surface area contributed by atoms with E-state index in [0.717, 1.165) is 41.9 Å². The highest BCUT2D eigenvalue weighted by molar-refractivity contribution is 9.10. The molecular formula is C15H21BrN2O3. The number of benzene rings is 1. The van der Waals surface area contributed by atoms with E-state index in [1.807, 2.05) is 6.07 Å². The minimum atomic E-state index is 0.202. The maximum absolute atomic E-state index is 6.04. The fraction of sp³-hybridized carbons (Fsp3) is 0.600. The molecule has 0 aliphatic carbocycles. The number of hydrogen-bond acceptors (Lipinski definition) is 5. The Labute approximate surface area is 133 Å². The van der Waals surface area contributed by atoms with Gasteiger partial charge in [0.05, 0.1) is 10.6 Å². The summed E-state index contributed by atoms with van der Waals surface area (Å²) in [7, 11) is 1.79. The molecule has 1 fully saturated rings. The van der Waals surface area contributed by atoms with Gasteiger partial charge >= 0.3 is 0 Å². The Hall–Kier alpha value is -0.820. The summed E-state index contributed by atoms with van der Waals surface area (Å²) in [5, 5.41) is 0. The second kappa shape index (κ2) is 6.52. The van der Waals surface area contributed by atoms with Gasteiger partial charge in [-0.3, -0.25) is 4.90 Å². The van der Waals surface area contributed by atoms with E-state index in [1.54, 1.807) is 7.11 Å². The molecule has 2 aliphatic heterocycles. The number of likely N-dealkylation sites (tertiary alicyclic amines) is 1. The molecule has 3 rings (SSSR count). The molecule has 1 aromatic rings. The van der Waals surface area contributed by atoms with Gasteiger partial charge in [0.15, 0.2) is 11.5 Å². The Kier molecular flexibility index (Phi) is 4.69. The van der Waals surface area contributed by atoms with Crippen LogP contribution < -0.4 is 15.2 Å². The largest absolute Gasteiger partial charge is 0.454 e. The average molecular weight is 357 g/mol. The van der Waals surface area contributed by atoms with E-state index in [1.165, 1.54) is 5.56 Å². The van der Waals surface area contributed by atoms with Gasteiger partial charge in [-0.2, -0.15) is 0 Å². The van der Waals surface area contributed by atoms with Crippen LogP contribution in [0.4, 0.5) is 0 Å². The molecule has 1 aromatic carbocycles. The molecule has 0 spiro atoms. The van der Waals surface area contributed by atoms with Crippen molar-refractivity contribution < 1.29 is 14.2 Å². The lowest BCUT2D eigenvalue weighted by Gasteiger charge is -2.37. The number of nitrogens with two attached hydrogens (primary N) is 1. The van der Waals surface area contributed by atoms with Gasteiger partial charge < -0.3 is 19.9 Å². The zero-order valence-corrected chi connectivity index (χ0v) is 13.8. The van der Waals surface area contributed by atoms with E-state index < -0.39 is 0 Å². The van der Waals surface area contributed by atoms with Crippen molar-refractivity contribution in [3.05, 3.63) is 22.2 Å². The predicted molar refractivity (Wildman–Crippen MR) is 83.7 cm³/mol. The van der Waals surface area contributed by atoms with Gasteiger partial charge in [-0.05, 0) is 46.5 Å². The fourth-order valence-corrected chi connectivity index (χ4v) is 3.67. The first-order valence-electron chi connectivity index (χ1n) is 7.29. The third kappa shape index (κ3) is 3.04. The van der Waals surface area contributed by atoms with E-state index in [4.69, 9.17) is 19.9 Å². The third-order valence-electron chi connectivity index (χ3n) is 4.31. The maximum Gasteiger partial charge on any atom is 0.231 e. The van der Waals surface area contributed by atoms with Gasteiger partial charge in [0, 0.05) is 32.8 Å². The van der Waals surface area contributed by atoms with Gasteiger partial charge in [-0.25, -0.2) is 0 Å². The molecule has 0 radical (unpaired) electrons. The molecule has 1 atom stereocenters. The molecule has 0 amide bonds. The third-order valence-corrected chi connectivity index (χ3v) is 4.90. The lowest BCUT2D eigenvalue weighted by Crippen LogP contribution is -2.41. The van der Waals surface area contributed by atoms with Gasteiger partial charge in [-0.15, -0.1) is 0 Å². The van der Waals surface area contributed by atoms with Crippen LogP contribution in [0.25, 0.3) is 0 Å². The van der Waals surface area contributed by atoms with Crippen LogP contribution in [0.2, 0.25) is 0 Å². The first-order chi connectivity index (χ1) is 10.2. The monoisotopic (exact) mass is 356 g/mol. The molecule has 6 heteroatoms. The quantitative estimate of drug-likeness (QED) is 0.896. The van der Waals surface area contributed by atoms with E-state index in [-0.39, 0.29) is 12.8 Å². The smallest absolute Gasteiger partial charge is 0.231 e. The highest BCUT2D eigenvalue weighted by Gasteiger charge is 2.27. The van der Waals surface area contributed by atoms with Crippen molar-refractivity contribution in [1.82, 2.24) is 4.90 Å². The van der Waals surface area contributed by atoms with Crippen molar-refractivity contribution >= 4 is 15.9 Å². The molecule has 0 aromatic heterocycles.